The van der Waals surface area contributed by atoms with Crippen LogP contribution in [0.2, 0.25) is 5.02 Å². The highest BCUT2D eigenvalue weighted by molar-refractivity contribution is 6.30. The number of Topliss-reactive ketones (excluding diaryl/α,β-unsaturated/α-hetero) is 2. The van der Waals surface area contributed by atoms with E-state index < -0.39 is 17.1 Å². The molecular weight excluding hydrogens is 362 g/mol. The third kappa shape index (κ3) is 3.56. The first kappa shape index (κ1) is 19.7. The Hall–Kier alpha value is -2.04. The van der Waals surface area contributed by atoms with Crippen molar-refractivity contribution in [3.05, 3.63) is 52.7 Å². The number of aromatic nitrogens is 1. The molecule has 0 N–H and O–H groups in total. The van der Waals surface area contributed by atoms with Crippen LogP contribution in [0.3, 0.4) is 0 Å². The van der Waals surface area contributed by atoms with Gasteiger partial charge in [-0.05, 0) is 63.4 Å². The monoisotopic (exact) mass is 385 g/mol. The molecule has 5 heteroatoms. The summed E-state index contributed by atoms with van der Waals surface area (Å²) in [5.41, 5.74) is 1.26. The van der Waals surface area contributed by atoms with Gasteiger partial charge >= 0.3 is 0 Å². The zero-order valence-corrected chi connectivity index (χ0v) is 17.1. The third-order valence-electron chi connectivity index (χ3n) is 5.08. The number of hydrogen-bond donors (Lipinski definition) is 0. The fourth-order valence-electron chi connectivity index (χ4n) is 3.73. The van der Waals surface area contributed by atoms with E-state index in [1.54, 1.807) is 40.0 Å². The zero-order chi connectivity index (χ0) is 20.0. The van der Waals surface area contributed by atoms with Crippen LogP contribution < -0.4 is 0 Å². The van der Waals surface area contributed by atoms with E-state index in [4.69, 9.17) is 16.3 Å². The van der Waals surface area contributed by atoms with E-state index in [1.165, 1.54) is 0 Å². The lowest BCUT2D eigenvalue weighted by Gasteiger charge is -2.43. The Bertz CT molecular complexity index is 874. The summed E-state index contributed by atoms with van der Waals surface area (Å²) in [7, 11) is 0. The van der Waals surface area contributed by atoms with Gasteiger partial charge in [-0.15, -0.1) is 0 Å². The second-order valence-corrected chi connectivity index (χ2v) is 8.35. The number of benzene rings is 1. The van der Waals surface area contributed by atoms with Crippen LogP contribution in [0.15, 0.2) is 36.5 Å². The van der Waals surface area contributed by atoms with E-state index in [-0.39, 0.29) is 11.6 Å². The molecule has 0 spiro atoms. The first-order valence-corrected chi connectivity index (χ1v) is 9.48. The maximum atomic E-state index is 13.1. The van der Waals surface area contributed by atoms with Gasteiger partial charge in [0.25, 0.3) is 0 Å². The van der Waals surface area contributed by atoms with Crippen LogP contribution in [0.4, 0.5) is 0 Å². The molecule has 0 amide bonds. The van der Waals surface area contributed by atoms with Gasteiger partial charge in [0.2, 0.25) is 0 Å². The van der Waals surface area contributed by atoms with Crippen LogP contribution in [0.25, 0.3) is 11.3 Å². The average molecular weight is 386 g/mol. The van der Waals surface area contributed by atoms with Gasteiger partial charge in [-0.3, -0.25) is 14.6 Å². The van der Waals surface area contributed by atoms with Crippen LogP contribution in [0.1, 0.15) is 51.7 Å². The van der Waals surface area contributed by atoms with Crippen molar-refractivity contribution in [1.29, 1.82) is 0 Å². The van der Waals surface area contributed by atoms with E-state index in [0.29, 0.717) is 5.02 Å². The summed E-state index contributed by atoms with van der Waals surface area (Å²) in [5, 5.41) is 0.558. The SMILES string of the molecule is CCc1ccc(-c2ccc(Cl)cn2)cc1C1C(=O)C(C)(C)OC(C)(C)C1=O. The van der Waals surface area contributed by atoms with Crippen molar-refractivity contribution < 1.29 is 14.3 Å². The number of rotatable bonds is 3. The van der Waals surface area contributed by atoms with E-state index >= 15 is 0 Å². The third-order valence-corrected chi connectivity index (χ3v) is 5.31. The van der Waals surface area contributed by atoms with Crippen LogP contribution in [0, 0.1) is 0 Å². The Kier molecular flexibility index (Phi) is 5.00. The van der Waals surface area contributed by atoms with E-state index in [9.17, 15) is 9.59 Å². The second kappa shape index (κ2) is 6.84. The van der Waals surface area contributed by atoms with Gasteiger partial charge < -0.3 is 4.74 Å². The molecule has 1 aliphatic heterocycles. The van der Waals surface area contributed by atoms with Gasteiger partial charge in [0.1, 0.15) is 17.1 Å². The van der Waals surface area contributed by atoms with Crippen molar-refractivity contribution >= 4 is 23.2 Å². The maximum absolute atomic E-state index is 13.1. The number of ketones is 2. The largest absolute Gasteiger partial charge is 0.354 e. The van der Waals surface area contributed by atoms with Crippen LogP contribution in [-0.2, 0) is 20.7 Å². The summed E-state index contributed by atoms with van der Waals surface area (Å²) in [6.45, 7) is 8.93. The smallest absolute Gasteiger partial charge is 0.179 e. The molecule has 4 nitrogen and oxygen atoms in total. The fourth-order valence-corrected chi connectivity index (χ4v) is 3.84. The van der Waals surface area contributed by atoms with Crippen LogP contribution in [-0.4, -0.2) is 27.8 Å². The lowest BCUT2D eigenvalue weighted by molar-refractivity contribution is -0.184. The summed E-state index contributed by atoms with van der Waals surface area (Å²) in [4.78, 5) is 30.6. The Balaban J connectivity index is 2.16. The molecule has 0 aliphatic carbocycles. The van der Waals surface area contributed by atoms with Gasteiger partial charge in [0.05, 0.1) is 10.7 Å². The van der Waals surface area contributed by atoms with Crippen molar-refractivity contribution in [3.8, 4) is 11.3 Å². The van der Waals surface area contributed by atoms with Crippen molar-refractivity contribution in [2.45, 2.75) is 58.2 Å². The molecule has 1 aromatic heterocycles. The van der Waals surface area contributed by atoms with Gasteiger partial charge in [-0.25, -0.2) is 0 Å². The molecule has 2 aromatic rings. The molecule has 1 saturated heterocycles. The molecular formula is C22H24ClNO3. The zero-order valence-electron chi connectivity index (χ0n) is 16.3. The molecule has 0 saturated carbocycles. The molecule has 1 aromatic carbocycles. The normalized spacial score (nSPS) is 19.3. The first-order valence-electron chi connectivity index (χ1n) is 9.10. The highest BCUT2D eigenvalue weighted by atomic mass is 35.5. The van der Waals surface area contributed by atoms with Crippen molar-refractivity contribution in [1.82, 2.24) is 4.98 Å². The number of carbonyl (C=O) groups excluding carboxylic acids is 2. The second-order valence-electron chi connectivity index (χ2n) is 7.91. The standard InChI is InChI=1S/C22H24ClNO3/c1-6-13-7-8-14(17-10-9-15(23)12-24-17)11-16(13)18-19(25)21(2,3)27-22(4,5)20(18)26/h7-12,18H,6H2,1-5H3. The Morgan fingerprint density at radius 2 is 1.67 bits per heavy atom. The van der Waals surface area contributed by atoms with E-state index in [1.807, 2.05) is 31.2 Å². The summed E-state index contributed by atoms with van der Waals surface area (Å²) < 4.78 is 5.81. The minimum Gasteiger partial charge on any atom is -0.354 e. The maximum Gasteiger partial charge on any atom is 0.179 e. The molecule has 142 valence electrons. The molecule has 1 aliphatic rings. The van der Waals surface area contributed by atoms with Crippen LogP contribution >= 0.6 is 11.6 Å². The van der Waals surface area contributed by atoms with E-state index in [2.05, 4.69) is 4.98 Å². The predicted molar refractivity (Wildman–Crippen MR) is 106 cm³/mol. The molecule has 0 radical (unpaired) electrons. The summed E-state index contributed by atoms with van der Waals surface area (Å²) in [6, 6.07) is 9.44. The number of nitrogens with zero attached hydrogens (tertiary/aromatic N) is 1. The molecule has 27 heavy (non-hydrogen) atoms. The van der Waals surface area contributed by atoms with Gasteiger partial charge in [0, 0.05) is 11.8 Å². The van der Waals surface area contributed by atoms with Crippen molar-refractivity contribution in [2.75, 3.05) is 0 Å². The highest BCUT2D eigenvalue weighted by Crippen LogP contribution is 2.40. The summed E-state index contributed by atoms with van der Waals surface area (Å²) in [5.74, 6) is -1.25. The summed E-state index contributed by atoms with van der Waals surface area (Å²) >= 11 is 5.94. The molecule has 3 rings (SSSR count). The van der Waals surface area contributed by atoms with Crippen molar-refractivity contribution in [2.24, 2.45) is 0 Å². The fraction of sp³-hybridized carbons (Fsp3) is 0.409. The molecule has 1 fully saturated rings. The number of ether oxygens (including phenoxy) is 1. The quantitative estimate of drug-likeness (QED) is 0.714. The van der Waals surface area contributed by atoms with E-state index in [0.717, 1.165) is 28.8 Å². The Morgan fingerprint density at radius 3 is 2.19 bits per heavy atom. The number of hydrogen-bond acceptors (Lipinski definition) is 4. The predicted octanol–water partition coefficient (Wildman–Crippen LogP) is 4.77. The van der Waals surface area contributed by atoms with Crippen LogP contribution in [0.5, 0.6) is 0 Å². The lowest BCUT2D eigenvalue weighted by Crippen LogP contribution is -2.58. The number of halogens is 1. The van der Waals surface area contributed by atoms with Crippen molar-refractivity contribution in [3.63, 3.8) is 0 Å². The first-order chi connectivity index (χ1) is 12.6. The van der Waals surface area contributed by atoms with Gasteiger partial charge in [-0.2, -0.15) is 0 Å². The molecule has 0 atom stereocenters. The number of pyridine rings is 1. The molecule has 2 heterocycles. The van der Waals surface area contributed by atoms with Gasteiger partial charge in [-0.1, -0.05) is 30.7 Å². The number of carbonyl (C=O) groups is 2. The highest BCUT2D eigenvalue weighted by Gasteiger charge is 2.53. The number of aryl methyl sites for hydroxylation is 1. The molecule has 0 bridgehead atoms. The minimum absolute atomic E-state index is 0.206. The average Bonchev–Trinajstić information content (AvgIpc) is 2.60. The Morgan fingerprint density at radius 1 is 1.04 bits per heavy atom. The lowest BCUT2D eigenvalue weighted by atomic mass is 9.73. The summed E-state index contributed by atoms with van der Waals surface area (Å²) in [6.07, 6.45) is 2.31. The molecule has 0 unspecified atom stereocenters. The Labute approximate surface area is 164 Å². The van der Waals surface area contributed by atoms with Gasteiger partial charge in [0.15, 0.2) is 11.6 Å². The minimum atomic E-state index is -1.03. The topological polar surface area (TPSA) is 56.3 Å².